The van der Waals surface area contributed by atoms with Gasteiger partial charge in [0, 0.05) is 37.1 Å². The van der Waals surface area contributed by atoms with Crippen molar-refractivity contribution in [3.05, 3.63) is 60.6 Å². The number of rotatable bonds is 6. The third kappa shape index (κ3) is 3.82. The van der Waals surface area contributed by atoms with E-state index in [9.17, 15) is 9.18 Å². The van der Waals surface area contributed by atoms with Crippen LogP contribution in [0.3, 0.4) is 0 Å². The molecule has 1 aromatic carbocycles. The molecule has 0 unspecified atom stereocenters. The van der Waals surface area contributed by atoms with E-state index in [0.29, 0.717) is 17.9 Å². The largest absolute Gasteiger partial charge is 0.355 e. The zero-order chi connectivity index (χ0) is 16.1. The molecule has 23 heavy (non-hydrogen) atoms. The number of aryl methyl sites for hydroxylation is 1. The highest BCUT2D eigenvalue weighted by molar-refractivity contribution is 5.93. The molecule has 7 heteroatoms. The van der Waals surface area contributed by atoms with Crippen molar-refractivity contribution >= 4 is 5.91 Å². The zero-order valence-corrected chi connectivity index (χ0v) is 12.3. The van der Waals surface area contributed by atoms with Crippen LogP contribution in [0.1, 0.15) is 16.9 Å². The van der Waals surface area contributed by atoms with Gasteiger partial charge >= 0.3 is 0 Å². The number of amides is 1. The van der Waals surface area contributed by atoms with Gasteiger partial charge in [0.15, 0.2) is 11.5 Å². The quantitative estimate of drug-likeness (QED) is 0.710. The highest BCUT2D eigenvalue weighted by Gasteiger charge is 2.13. The lowest BCUT2D eigenvalue weighted by Crippen LogP contribution is -2.25. The van der Waals surface area contributed by atoms with Gasteiger partial charge < -0.3 is 14.4 Å². The molecular weight excluding hydrogens is 299 g/mol. The van der Waals surface area contributed by atoms with Crippen molar-refractivity contribution in [3.8, 4) is 11.3 Å². The maximum Gasteiger partial charge on any atom is 0.273 e. The normalized spacial score (nSPS) is 10.7. The summed E-state index contributed by atoms with van der Waals surface area (Å²) in [5.74, 6) is -0.203. The Morgan fingerprint density at radius 2 is 2.13 bits per heavy atom. The van der Waals surface area contributed by atoms with Gasteiger partial charge in [0.1, 0.15) is 5.82 Å². The van der Waals surface area contributed by atoms with Crippen LogP contribution >= 0.6 is 0 Å². The lowest BCUT2D eigenvalue weighted by atomic mass is 10.1. The van der Waals surface area contributed by atoms with Crippen molar-refractivity contribution < 1.29 is 13.7 Å². The first kappa shape index (κ1) is 15.0. The first-order valence-electron chi connectivity index (χ1n) is 7.19. The molecule has 0 radical (unpaired) electrons. The number of benzene rings is 1. The van der Waals surface area contributed by atoms with Crippen LogP contribution in [0.4, 0.5) is 4.39 Å². The van der Waals surface area contributed by atoms with Crippen molar-refractivity contribution in [2.24, 2.45) is 0 Å². The van der Waals surface area contributed by atoms with E-state index in [4.69, 9.17) is 4.52 Å². The first-order valence-corrected chi connectivity index (χ1v) is 7.19. The number of carbonyl (C=O) groups is 1. The lowest BCUT2D eigenvalue weighted by molar-refractivity contribution is 0.0944. The van der Waals surface area contributed by atoms with E-state index in [1.807, 2.05) is 10.8 Å². The minimum atomic E-state index is -0.330. The number of aromatic nitrogens is 3. The Morgan fingerprint density at radius 1 is 1.30 bits per heavy atom. The van der Waals surface area contributed by atoms with Gasteiger partial charge in [-0.1, -0.05) is 5.16 Å². The van der Waals surface area contributed by atoms with Gasteiger partial charge in [0.05, 0.1) is 6.33 Å². The van der Waals surface area contributed by atoms with Crippen molar-refractivity contribution in [3.63, 3.8) is 0 Å². The molecule has 0 saturated heterocycles. The summed E-state index contributed by atoms with van der Waals surface area (Å²) in [4.78, 5) is 15.9. The van der Waals surface area contributed by atoms with Gasteiger partial charge in [-0.3, -0.25) is 4.79 Å². The Morgan fingerprint density at radius 3 is 2.87 bits per heavy atom. The van der Waals surface area contributed by atoms with Gasteiger partial charge in [0.2, 0.25) is 0 Å². The average molecular weight is 314 g/mol. The minimum Gasteiger partial charge on any atom is -0.355 e. The van der Waals surface area contributed by atoms with E-state index in [1.54, 1.807) is 30.7 Å². The van der Waals surface area contributed by atoms with E-state index < -0.39 is 0 Å². The summed E-state index contributed by atoms with van der Waals surface area (Å²) >= 11 is 0. The monoisotopic (exact) mass is 314 g/mol. The fourth-order valence-electron chi connectivity index (χ4n) is 2.11. The van der Waals surface area contributed by atoms with Crippen LogP contribution in [0.5, 0.6) is 0 Å². The smallest absolute Gasteiger partial charge is 0.273 e. The van der Waals surface area contributed by atoms with Crippen LogP contribution in [0.2, 0.25) is 0 Å². The number of nitrogens with zero attached hydrogens (tertiary/aromatic N) is 3. The second kappa shape index (κ2) is 6.87. The van der Waals surface area contributed by atoms with Crippen LogP contribution in [0.25, 0.3) is 11.3 Å². The molecule has 0 bridgehead atoms. The molecule has 0 fully saturated rings. The summed E-state index contributed by atoms with van der Waals surface area (Å²) < 4.78 is 20.0. The highest BCUT2D eigenvalue weighted by Crippen LogP contribution is 2.20. The predicted octanol–water partition coefficient (Wildman–Crippen LogP) is 2.50. The molecule has 0 aliphatic heterocycles. The summed E-state index contributed by atoms with van der Waals surface area (Å²) in [6.07, 6.45) is 6.10. The Hall–Kier alpha value is -2.96. The van der Waals surface area contributed by atoms with Gasteiger partial charge in [-0.2, -0.15) is 0 Å². The predicted molar refractivity (Wildman–Crippen MR) is 81.1 cm³/mol. The Bertz CT molecular complexity index is 766. The van der Waals surface area contributed by atoms with E-state index in [-0.39, 0.29) is 17.4 Å². The summed E-state index contributed by atoms with van der Waals surface area (Å²) in [7, 11) is 0. The van der Waals surface area contributed by atoms with Gasteiger partial charge in [-0.25, -0.2) is 9.37 Å². The summed E-state index contributed by atoms with van der Waals surface area (Å²) in [5, 5.41) is 6.53. The molecule has 3 aromatic rings. The lowest BCUT2D eigenvalue weighted by Gasteiger charge is -2.03. The highest BCUT2D eigenvalue weighted by atomic mass is 19.1. The fraction of sp³-hybridized carbons (Fsp3) is 0.188. The third-order valence-corrected chi connectivity index (χ3v) is 3.31. The van der Waals surface area contributed by atoms with Gasteiger partial charge in [0.25, 0.3) is 5.91 Å². The molecule has 1 N–H and O–H groups in total. The van der Waals surface area contributed by atoms with E-state index >= 15 is 0 Å². The van der Waals surface area contributed by atoms with Crippen molar-refractivity contribution in [1.82, 2.24) is 20.0 Å². The molecule has 0 spiro atoms. The fourth-order valence-corrected chi connectivity index (χ4v) is 2.11. The number of carbonyl (C=O) groups excluding carboxylic acids is 1. The second-order valence-corrected chi connectivity index (χ2v) is 4.99. The van der Waals surface area contributed by atoms with Crippen LogP contribution in [-0.4, -0.2) is 27.2 Å². The molecule has 0 saturated carbocycles. The summed E-state index contributed by atoms with van der Waals surface area (Å²) in [6, 6.07) is 7.34. The first-order chi connectivity index (χ1) is 11.2. The molecule has 6 nitrogen and oxygen atoms in total. The number of halogens is 1. The average Bonchev–Trinajstić information content (AvgIpc) is 3.24. The van der Waals surface area contributed by atoms with Crippen LogP contribution in [-0.2, 0) is 6.54 Å². The third-order valence-electron chi connectivity index (χ3n) is 3.31. The van der Waals surface area contributed by atoms with Crippen molar-refractivity contribution in [2.75, 3.05) is 6.54 Å². The SMILES string of the molecule is O=C(NCCCn1ccnc1)c1cc(-c2ccc(F)cc2)on1. The van der Waals surface area contributed by atoms with E-state index in [2.05, 4.69) is 15.5 Å². The molecule has 2 aromatic heterocycles. The second-order valence-electron chi connectivity index (χ2n) is 4.99. The summed E-state index contributed by atoms with van der Waals surface area (Å²) in [5.41, 5.74) is 0.866. The Balaban J connectivity index is 1.52. The van der Waals surface area contributed by atoms with Crippen LogP contribution < -0.4 is 5.32 Å². The standard InChI is InChI=1S/C16H15FN4O2/c17-13-4-2-12(3-5-13)15-10-14(20-23-15)16(22)19-6-1-8-21-9-7-18-11-21/h2-5,7,9-11H,1,6,8H2,(H,19,22). The number of hydrogen-bond donors (Lipinski definition) is 1. The number of hydrogen-bond acceptors (Lipinski definition) is 4. The topological polar surface area (TPSA) is 73.0 Å². The molecule has 0 atom stereocenters. The Kier molecular flexibility index (Phi) is 4.46. The Labute approximate surface area is 131 Å². The molecule has 0 aliphatic rings. The molecule has 1 amide bonds. The maximum absolute atomic E-state index is 12.9. The van der Waals surface area contributed by atoms with Gasteiger partial charge in [-0.05, 0) is 30.7 Å². The molecular formula is C16H15FN4O2. The molecule has 118 valence electrons. The van der Waals surface area contributed by atoms with Crippen molar-refractivity contribution in [2.45, 2.75) is 13.0 Å². The van der Waals surface area contributed by atoms with E-state index in [1.165, 1.54) is 12.1 Å². The minimum absolute atomic E-state index is 0.201. The van der Waals surface area contributed by atoms with E-state index in [0.717, 1.165) is 13.0 Å². The van der Waals surface area contributed by atoms with Gasteiger partial charge in [-0.15, -0.1) is 0 Å². The molecule has 3 rings (SSSR count). The summed E-state index contributed by atoms with van der Waals surface area (Å²) in [6.45, 7) is 1.30. The van der Waals surface area contributed by atoms with Crippen LogP contribution in [0, 0.1) is 5.82 Å². The molecule has 0 aliphatic carbocycles. The van der Waals surface area contributed by atoms with Crippen molar-refractivity contribution in [1.29, 1.82) is 0 Å². The molecule has 2 heterocycles. The number of imidazole rings is 1. The maximum atomic E-state index is 12.9. The zero-order valence-electron chi connectivity index (χ0n) is 12.3. The number of nitrogens with one attached hydrogen (secondary N) is 1. The van der Waals surface area contributed by atoms with Crippen LogP contribution in [0.15, 0.2) is 53.6 Å².